The molecule has 1 atom stereocenters. The number of aryl methyl sites for hydroxylation is 2. The molecule has 0 aliphatic carbocycles. The van der Waals surface area contributed by atoms with Crippen LogP contribution in [-0.2, 0) is 33.9 Å². The lowest BCUT2D eigenvalue weighted by Gasteiger charge is -2.22. The number of carbonyl (C=O) groups is 1. The first kappa shape index (κ1) is 22.3. The minimum Gasteiger partial charge on any atom is -0.356 e. The van der Waals surface area contributed by atoms with Gasteiger partial charge in [-0.05, 0) is 18.9 Å². The van der Waals surface area contributed by atoms with Crippen molar-refractivity contribution in [1.82, 2.24) is 19.7 Å². The molecule has 164 valence electrons. The summed E-state index contributed by atoms with van der Waals surface area (Å²) in [7, 11) is -2.73. The predicted molar refractivity (Wildman–Crippen MR) is 110 cm³/mol. The summed E-state index contributed by atoms with van der Waals surface area (Å²) < 4.78 is 43.5. The van der Waals surface area contributed by atoms with E-state index in [1.54, 1.807) is 0 Å². The number of halogens is 2. The van der Waals surface area contributed by atoms with Crippen molar-refractivity contribution in [1.29, 1.82) is 0 Å². The molecule has 1 aliphatic heterocycles. The third-order valence-corrected chi connectivity index (χ3v) is 7.12. The van der Waals surface area contributed by atoms with E-state index in [4.69, 9.17) is 0 Å². The molecule has 3 rings (SSSR count). The zero-order chi connectivity index (χ0) is 21.7. The molecule has 0 N–H and O–H groups in total. The standard InChI is InChI=1S/C19H26F2N6O2S/c1-3-14-12-17(23-16(4-2)22-14)26-7-5-10-30(29,11-9-26)25-18(28)13-27-8-6-15(24-27)19(20)21/h6,8,12,19H,3-5,7,9-11,13H2,1-2H3. The summed E-state index contributed by atoms with van der Waals surface area (Å²) in [5.41, 5.74) is 0.559. The highest BCUT2D eigenvalue weighted by atomic mass is 32.2. The molecule has 0 spiro atoms. The number of amides is 1. The summed E-state index contributed by atoms with van der Waals surface area (Å²) in [6.45, 7) is 4.87. The maximum atomic E-state index is 13.2. The Bertz CT molecular complexity index is 994. The molecule has 8 nitrogen and oxygen atoms in total. The van der Waals surface area contributed by atoms with Crippen molar-refractivity contribution < 1.29 is 17.8 Å². The van der Waals surface area contributed by atoms with Crippen LogP contribution >= 0.6 is 0 Å². The first-order valence-electron chi connectivity index (χ1n) is 10.0. The predicted octanol–water partition coefficient (Wildman–Crippen LogP) is 2.64. The number of aromatic nitrogens is 4. The van der Waals surface area contributed by atoms with Crippen LogP contribution in [0.2, 0.25) is 0 Å². The van der Waals surface area contributed by atoms with E-state index in [0.29, 0.717) is 25.3 Å². The van der Waals surface area contributed by atoms with Crippen LogP contribution in [0.4, 0.5) is 14.6 Å². The number of carbonyl (C=O) groups excluding carboxylic acids is 1. The monoisotopic (exact) mass is 440 g/mol. The Morgan fingerprint density at radius 3 is 2.70 bits per heavy atom. The molecule has 11 heteroatoms. The molecule has 1 fully saturated rings. The smallest absolute Gasteiger partial charge is 0.282 e. The molecule has 1 unspecified atom stereocenters. The minimum atomic E-state index is -2.73. The molecule has 0 bridgehead atoms. The maximum absolute atomic E-state index is 13.2. The number of hydrogen-bond donors (Lipinski definition) is 0. The summed E-state index contributed by atoms with van der Waals surface area (Å²) in [6, 6.07) is 3.10. The van der Waals surface area contributed by atoms with Crippen molar-refractivity contribution in [3.8, 4) is 0 Å². The van der Waals surface area contributed by atoms with E-state index in [1.807, 2.05) is 19.9 Å². The van der Waals surface area contributed by atoms with Crippen LogP contribution in [0, 0.1) is 0 Å². The van der Waals surface area contributed by atoms with Gasteiger partial charge in [0, 0.05) is 49.0 Å². The second-order valence-electron chi connectivity index (χ2n) is 7.09. The zero-order valence-corrected chi connectivity index (χ0v) is 17.9. The van der Waals surface area contributed by atoms with Crippen LogP contribution in [0.3, 0.4) is 0 Å². The number of hydrogen-bond acceptors (Lipinski definition) is 6. The van der Waals surface area contributed by atoms with Gasteiger partial charge in [0.25, 0.3) is 12.3 Å². The molecule has 2 aromatic rings. The summed E-state index contributed by atoms with van der Waals surface area (Å²) in [6.07, 6.45) is 0.737. The number of nitrogens with zero attached hydrogens (tertiary/aromatic N) is 6. The van der Waals surface area contributed by atoms with Crippen LogP contribution in [0.25, 0.3) is 0 Å². The number of rotatable bonds is 6. The fourth-order valence-corrected chi connectivity index (χ4v) is 5.14. The fourth-order valence-electron chi connectivity index (χ4n) is 3.24. The van der Waals surface area contributed by atoms with Crippen molar-refractivity contribution in [2.24, 2.45) is 4.36 Å². The van der Waals surface area contributed by atoms with Crippen molar-refractivity contribution in [2.45, 2.75) is 46.1 Å². The topological polar surface area (TPSA) is 93.3 Å². The largest absolute Gasteiger partial charge is 0.356 e. The Hall–Kier alpha value is -2.43. The molecule has 3 heterocycles. The Balaban J connectivity index is 1.71. The van der Waals surface area contributed by atoms with Gasteiger partial charge in [-0.1, -0.05) is 13.8 Å². The Morgan fingerprint density at radius 1 is 1.23 bits per heavy atom. The second kappa shape index (κ2) is 9.59. The lowest BCUT2D eigenvalue weighted by Crippen LogP contribution is -2.28. The van der Waals surface area contributed by atoms with Crippen molar-refractivity contribution in [3.05, 3.63) is 35.5 Å². The Labute approximate surface area is 174 Å². The molecule has 2 aromatic heterocycles. The van der Waals surface area contributed by atoms with Crippen LogP contribution in [-0.4, -0.2) is 54.5 Å². The van der Waals surface area contributed by atoms with Gasteiger partial charge in [-0.25, -0.2) is 23.0 Å². The van der Waals surface area contributed by atoms with E-state index in [0.717, 1.165) is 40.9 Å². The minimum absolute atomic E-state index is 0.243. The highest BCUT2D eigenvalue weighted by Crippen LogP contribution is 2.18. The van der Waals surface area contributed by atoms with Gasteiger partial charge in [-0.15, -0.1) is 0 Å². The molecule has 0 aromatic carbocycles. The third kappa shape index (κ3) is 5.59. The maximum Gasteiger partial charge on any atom is 0.282 e. The molecule has 30 heavy (non-hydrogen) atoms. The quantitative estimate of drug-likeness (QED) is 0.686. The van der Waals surface area contributed by atoms with E-state index in [1.165, 1.54) is 6.20 Å². The SMILES string of the molecule is CCc1cc(N2CCCS(=O)(=NC(=O)Cn3ccc(C(F)F)n3)CC2)nc(CC)n1. The van der Waals surface area contributed by atoms with E-state index < -0.39 is 27.8 Å². The third-order valence-electron chi connectivity index (χ3n) is 4.84. The lowest BCUT2D eigenvalue weighted by molar-refractivity contribution is -0.118. The molecule has 0 radical (unpaired) electrons. The van der Waals surface area contributed by atoms with Gasteiger partial charge in [0.2, 0.25) is 0 Å². The zero-order valence-electron chi connectivity index (χ0n) is 17.1. The highest BCUT2D eigenvalue weighted by Gasteiger charge is 2.21. The summed E-state index contributed by atoms with van der Waals surface area (Å²) >= 11 is 0. The van der Waals surface area contributed by atoms with E-state index in [-0.39, 0.29) is 12.3 Å². The second-order valence-corrected chi connectivity index (χ2v) is 9.63. The number of alkyl halides is 2. The lowest BCUT2D eigenvalue weighted by atomic mass is 10.3. The van der Waals surface area contributed by atoms with E-state index >= 15 is 0 Å². The van der Waals surface area contributed by atoms with Crippen LogP contribution in [0.5, 0.6) is 0 Å². The normalized spacial score (nSPS) is 19.7. The van der Waals surface area contributed by atoms with Gasteiger partial charge < -0.3 is 4.90 Å². The first-order chi connectivity index (χ1) is 14.3. The number of anilines is 1. The highest BCUT2D eigenvalue weighted by molar-refractivity contribution is 7.93. The van der Waals surface area contributed by atoms with Gasteiger partial charge in [-0.3, -0.25) is 9.48 Å². The molecular weight excluding hydrogens is 414 g/mol. The van der Waals surface area contributed by atoms with Crippen LogP contribution < -0.4 is 4.90 Å². The van der Waals surface area contributed by atoms with Crippen LogP contribution in [0.15, 0.2) is 22.7 Å². The van der Waals surface area contributed by atoms with Crippen LogP contribution in [0.1, 0.15) is 43.9 Å². The summed E-state index contributed by atoms with van der Waals surface area (Å²) in [5, 5.41) is 3.64. The van der Waals surface area contributed by atoms with Gasteiger partial charge >= 0.3 is 0 Å². The summed E-state index contributed by atoms with van der Waals surface area (Å²) in [5.74, 6) is 1.51. The molecule has 1 saturated heterocycles. The Kier molecular flexibility index (Phi) is 7.11. The van der Waals surface area contributed by atoms with Crippen molar-refractivity contribution in [3.63, 3.8) is 0 Å². The van der Waals surface area contributed by atoms with Gasteiger partial charge in [-0.2, -0.15) is 9.46 Å². The average molecular weight is 441 g/mol. The average Bonchev–Trinajstić information content (AvgIpc) is 3.09. The molecular formula is C19H26F2N6O2S. The van der Waals surface area contributed by atoms with E-state index in [2.05, 4.69) is 24.3 Å². The van der Waals surface area contributed by atoms with Crippen molar-refractivity contribution in [2.75, 3.05) is 29.5 Å². The summed E-state index contributed by atoms with van der Waals surface area (Å²) in [4.78, 5) is 23.4. The van der Waals surface area contributed by atoms with Crippen molar-refractivity contribution >= 4 is 21.5 Å². The van der Waals surface area contributed by atoms with Gasteiger partial charge in [0.05, 0.1) is 9.73 Å². The van der Waals surface area contributed by atoms with Gasteiger partial charge in [0.15, 0.2) is 0 Å². The first-order valence-corrected chi connectivity index (χ1v) is 11.9. The van der Waals surface area contributed by atoms with E-state index in [9.17, 15) is 17.8 Å². The van der Waals surface area contributed by atoms with Gasteiger partial charge in [0.1, 0.15) is 23.9 Å². The Morgan fingerprint density at radius 2 is 2.03 bits per heavy atom. The molecule has 0 saturated carbocycles. The molecule has 1 amide bonds. The fraction of sp³-hybridized carbons (Fsp3) is 0.579. The molecule has 1 aliphatic rings.